The summed E-state index contributed by atoms with van der Waals surface area (Å²) in [6, 6.07) is 2.50. The van der Waals surface area contributed by atoms with Crippen LogP contribution >= 0.6 is 0 Å². The molecular weight excluding hydrogens is 396 g/mol. The average Bonchev–Trinajstić information content (AvgIpc) is 3.26. The van der Waals surface area contributed by atoms with Crippen LogP contribution in [-0.2, 0) is 14.4 Å². The van der Waals surface area contributed by atoms with Gasteiger partial charge in [0.2, 0.25) is 17.7 Å². The van der Waals surface area contributed by atoms with Crippen LogP contribution in [0.3, 0.4) is 0 Å². The molecule has 4 rings (SSSR count). The van der Waals surface area contributed by atoms with Gasteiger partial charge in [-0.25, -0.2) is 0 Å². The molecule has 1 aliphatic carbocycles. The Bertz CT molecular complexity index is 876. The number of aromatic nitrogens is 1. The Kier molecular flexibility index (Phi) is 6.16. The number of carbonyl (C=O) groups is 4. The van der Waals surface area contributed by atoms with E-state index in [1.54, 1.807) is 4.90 Å². The molecule has 8 heteroatoms. The van der Waals surface area contributed by atoms with E-state index in [-0.39, 0.29) is 43.0 Å². The average molecular weight is 429 g/mol. The second-order valence-electron chi connectivity index (χ2n) is 8.99. The van der Waals surface area contributed by atoms with Crippen molar-refractivity contribution in [3.63, 3.8) is 0 Å². The van der Waals surface area contributed by atoms with Gasteiger partial charge in [-0.3, -0.25) is 24.1 Å². The number of carbonyl (C=O) groups excluding carboxylic acids is 4. The zero-order valence-corrected chi connectivity index (χ0v) is 18.6. The van der Waals surface area contributed by atoms with Crippen LogP contribution in [0.5, 0.6) is 0 Å². The van der Waals surface area contributed by atoms with Crippen LogP contribution in [-0.4, -0.2) is 75.6 Å². The standard InChI is InChI=1S/C23H32N4O4/c1-16-14-19(17(2)27(16)18-6-4-3-5-7-18)23(31)25-12-10-24(11-13-25)22(30)15-26-20(28)8-9-21(26)29/h14,18H,3-13,15H2,1-2H3. The molecule has 1 saturated carbocycles. The fourth-order valence-electron chi connectivity index (χ4n) is 5.26. The maximum atomic E-state index is 13.2. The molecule has 4 amide bonds. The molecule has 1 aromatic heterocycles. The molecule has 0 unspecified atom stereocenters. The molecule has 0 N–H and O–H groups in total. The molecule has 0 bridgehead atoms. The number of nitrogens with zero attached hydrogens (tertiary/aromatic N) is 4. The molecular formula is C23H32N4O4. The highest BCUT2D eigenvalue weighted by atomic mass is 16.2. The fraction of sp³-hybridized carbons (Fsp3) is 0.652. The van der Waals surface area contributed by atoms with E-state index in [1.165, 1.54) is 32.1 Å². The molecule has 0 spiro atoms. The van der Waals surface area contributed by atoms with Crippen molar-refractivity contribution >= 4 is 23.6 Å². The fourth-order valence-corrected chi connectivity index (χ4v) is 5.26. The normalized spacial score (nSPS) is 20.6. The number of rotatable bonds is 4. The third kappa shape index (κ3) is 4.25. The number of amides is 4. The van der Waals surface area contributed by atoms with E-state index in [4.69, 9.17) is 0 Å². The minimum absolute atomic E-state index is 0.0205. The van der Waals surface area contributed by atoms with Gasteiger partial charge in [0.25, 0.3) is 5.91 Å². The van der Waals surface area contributed by atoms with Crippen molar-refractivity contribution in [1.29, 1.82) is 0 Å². The Hall–Kier alpha value is -2.64. The van der Waals surface area contributed by atoms with E-state index in [0.717, 1.165) is 21.9 Å². The van der Waals surface area contributed by atoms with Crippen LogP contribution in [0.25, 0.3) is 0 Å². The SMILES string of the molecule is Cc1cc(C(=O)N2CCN(C(=O)CN3C(=O)CCC3=O)CC2)c(C)n1C1CCCCC1. The largest absolute Gasteiger partial charge is 0.345 e. The smallest absolute Gasteiger partial charge is 0.255 e. The van der Waals surface area contributed by atoms with Crippen molar-refractivity contribution < 1.29 is 19.2 Å². The van der Waals surface area contributed by atoms with E-state index in [1.807, 2.05) is 17.9 Å². The summed E-state index contributed by atoms with van der Waals surface area (Å²) < 4.78 is 2.34. The summed E-state index contributed by atoms with van der Waals surface area (Å²) in [6.07, 6.45) is 6.51. The molecule has 2 saturated heterocycles. The van der Waals surface area contributed by atoms with E-state index < -0.39 is 0 Å². The van der Waals surface area contributed by atoms with Crippen molar-refractivity contribution in [2.75, 3.05) is 32.7 Å². The predicted octanol–water partition coefficient (Wildman–Crippen LogP) is 2.04. The van der Waals surface area contributed by atoms with Gasteiger partial charge in [0.15, 0.2) is 0 Å². The van der Waals surface area contributed by atoms with Gasteiger partial charge in [-0.1, -0.05) is 19.3 Å². The molecule has 3 aliphatic rings. The summed E-state index contributed by atoms with van der Waals surface area (Å²) in [6.45, 7) is 5.69. The van der Waals surface area contributed by atoms with Gasteiger partial charge in [0, 0.05) is 56.5 Å². The maximum absolute atomic E-state index is 13.2. The Morgan fingerprint density at radius 2 is 1.48 bits per heavy atom. The van der Waals surface area contributed by atoms with Gasteiger partial charge >= 0.3 is 0 Å². The minimum atomic E-state index is -0.277. The van der Waals surface area contributed by atoms with Crippen LogP contribution < -0.4 is 0 Å². The predicted molar refractivity (Wildman–Crippen MR) is 114 cm³/mol. The van der Waals surface area contributed by atoms with E-state index >= 15 is 0 Å². The number of hydrogen-bond donors (Lipinski definition) is 0. The van der Waals surface area contributed by atoms with Crippen LogP contribution in [0.4, 0.5) is 0 Å². The Balaban J connectivity index is 1.37. The third-order valence-corrected chi connectivity index (χ3v) is 7.02. The second kappa shape index (κ2) is 8.85. The summed E-state index contributed by atoms with van der Waals surface area (Å²) >= 11 is 0. The number of imide groups is 1. The van der Waals surface area contributed by atoms with Gasteiger partial charge in [0.05, 0.1) is 5.56 Å². The molecule has 31 heavy (non-hydrogen) atoms. The van der Waals surface area contributed by atoms with Gasteiger partial charge in [-0.15, -0.1) is 0 Å². The molecule has 0 aromatic carbocycles. The lowest BCUT2D eigenvalue weighted by atomic mass is 9.95. The van der Waals surface area contributed by atoms with E-state index in [0.29, 0.717) is 32.2 Å². The number of piperazine rings is 1. The molecule has 1 aromatic rings. The molecule has 168 valence electrons. The molecule has 0 atom stereocenters. The van der Waals surface area contributed by atoms with Gasteiger partial charge in [-0.05, 0) is 32.8 Å². The van der Waals surface area contributed by atoms with Crippen molar-refractivity contribution in [2.45, 2.75) is 64.8 Å². The second-order valence-corrected chi connectivity index (χ2v) is 8.99. The number of aryl methyl sites for hydroxylation is 1. The summed E-state index contributed by atoms with van der Waals surface area (Å²) in [4.78, 5) is 53.8. The van der Waals surface area contributed by atoms with Gasteiger partial charge in [-0.2, -0.15) is 0 Å². The Labute approximate surface area is 183 Å². The highest BCUT2D eigenvalue weighted by Gasteiger charge is 2.33. The topological polar surface area (TPSA) is 82.9 Å². The summed E-state index contributed by atoms with van der Waals surface area (Å²) in [5.74, 6) is -0.765. The quantitative estimate of drug-likeness (QED) is 0.687. The summed E-state index contributed by atoms with van der Waals surface area (Å²) in [7, 11) is 0. The van der Waals surface area contributed by atoms with Crippen molar-refractivity contribution in [2.24, 2.45) is 0 Å². The molecule has 8 nitrogen and oxygen atoms in total. The third-order valence-electron chi connectivity index (χ3n) is 7.02. The van der Waals surface area contributed by atoms with Crippen LogP contribution in [0.15, 0.2) is 6.07 Å². The molecule has 2 aliphatic heterocycles. The zero-order chi connectivity index (χ0) is 22.1. The van der Waals surface area contributed by atoms with Crippen molar-refractivity contribution in [1.82, 2.24) is 19.3 Å². The van der Waals surface area contributed by atoms with Crippen LogP contribution in [0.1, 0.15) is 72.7 Å². The molecule has 3 fully saturated rings. The van der Waals surface area contributed by atoms with Gasteiger partial charge in [0.1, 0.15) is 6.54 Å². The lowest BCUT2D eigenvalue weighted by Gasteiger charge is -2.35. The van der Waals surface area contributed by atoms with Crippen molar-refractivity contribution in [3.8, 4) is 0 Å². The summed E-state index contributed by atoms with van der Waals surface area (Å²) in [5, 5.41) is 0. The molecule has 3 heterocycles. The van der Waals surface area contributed by atoms with Crippen molar-refractivity contribution in [3.05, 3.63) is 23.0 Å². The maximum Gasteiger partial charge on any atom is 0.255 e. The highest BCUT2D eigenvalue weighted by Crippen LogP contribution is 2.32. The number of hydrogen-bond acceptors (Lipinski definition) is 4. The summed E-state index contributed by atoms with van der Waals surface area (Å²) in [5.41, 5.74) is 2.94. The van der Waals surface area contributed by atoms with Crippen LogP contribution in [0, 0.1) is 13.8 Å². The first-order valence-corrected chi connectivity index (χ1v) is 11.5. The van der Waals surface area contributed by atoms with Gasteiger partial charge < -0.3 is 14.4 Å². The first-order chi connectivity index (χ1) is 14.9. The Morgan fingerprint density at radius 1 is 0.903 bits per heavy atom. The monoisotopic (exact) mass is 428 g/mol. The van der Waals surface area contributed by atoms with E-state index in [9.17, 15) is 19.2 Å². The minimum Gasteiger partial charge on any atom is -0.345 e. The lowest BCUT2D eigenvalue weighted by molar-refractivity contribution is -0.146. The van der Waals surface area contributed by atoms with Crippen LogP contribution in [0.2, 0.25) is 0 Å². The molecule has 0 radical (unpaired) electrons. The lowest BCUT2D eigenvalue weighted by Crippen LogP contribution is -2.53. The zero-order valence-electron chi connectivity index (χ0n) is 18.6. The first kappa shape index (κ1) is 21.6. The first-order valence-electron chi connectivity index (χ1n) is 11.5. The Morgan fingerprint density at radius 3 is 2.10 bits per heavy atom. The number of likely N-dealkylation sites (tertiary alicyclic amines) is 1. The highest BCUT2D eigenvalue weighted by molar-refractivity contribution is 6.04. The van der Waals surface area contributed by atoms with E-state index in [2.05, 4.69) is 11.5 Å².